The summed E-state index contributed by atoms with van der Waals surface area (Å²) in [7, 11) is 0. The summed E-state index contributed by atoms with van der Waals surface area (Å²) in [5.41, 5.74) is 0.774. The highest BCUT2D eigenvalue weighted by Crippen LogP contribution is 2.33. The number of anilines is 1. The smallest absolute Gasteiger partial charge is 0.314 e. The van der Waals surface area contributed by atoms with Gasteiger partial charge in [0, 0.05) is 11.6 Å². The Balaban J connectivity index is 1.42. The van der Waals surface area contributed by atoms with E-state index >= 15 is 0 Å². The highest BCUT2D eigenvalue weighted by Gasteiger charge is 2.28. The molecule has 2 aliphatic rings. The Hall–Kier alpha value is -1.84. The number of carbonyl (C=O) groups excluding carboxylic acids is 2. The van der Waals surface area contributed by atoms with E-state index in [-0.39, 0.29) is 23.7 Å². The van der Waals surface area contributed by atoms with Gasteiger partial charge >= 0.3 is 5.97 Å². The SMILES string of the molecule is CCCC1CCC(C(=O)Nc2ccc(OC(=O)C3CCC(CCC)CC3)cc2)CC1. The maximum atomic E-state index is 12.6. The van der Waals surface area contributed by atoms with Crippen LogP contribution in [0.25, 0.3) is 0 Å². The molecule has 0 aromatic heterocycles. The molecule has 4 nitrogen and oxygen atoms in total. The molecule has 30 heavy (non-hydrogen) atoms. The molecule has 0 saturated heterocycles. The summed E-state index contributed by atoms with van der Waals surface area (Å²) < 4.78 is 5.61. The number of hydrogen-bond acceptors (Lipinski definition) is 3. The van der Waals surface area contributed by atoms with E-state index in [4.69, 9.17) is 4.74 Å². The second-order valence-corrected chi connectivity index (χ2v) is 9.45. The lowest BCUT2D eigenvalue weighted by atomic mass is 9.80. The number of nitrogens with one attached hydrogen (secondary N) is 1. The van der Waals surface area contributed by atoms with Crippen LogP contribution in [0.1, 0.15) is 90.9 Å². The fourth-order valence-corrected chi connectivity index (χ4v) is 5.27. The van der Waals surface area contributed by atoms with Gasteiger partial charge in [-0.05, 0) is 87.5 Å². The molecule has 0 atom stereocenters. The van der Waals surface area contributed by atoms with E-state index in [2.05, 4.69) is 19.2 Å². The first-order valence-electron chi connectivity index (χ1n) is 12.2. The molecular weight excluding hydrogens is 374 g/mol. The molecule has 1 aromatic carbocycles. The minimum absolute atomic E-state index is 0.0281. The lowest BCUT2D eigenvalue weighted by Crippen LogP contribution is -2.27. The van der Waals surface area contributed by atoms with Crippen molar-refractivity contribution in [3.63, 3.8) is 0 Å². The Labute approximate surface area is 182 Å². The van der Waals surface area contributed by atoms with Crippen LogP contribution in [-0.2, 0) is 9.59 Å². The van der Waals surface area contributed by atoms with Crippen molar-refractivity contribution in [2.75, 3.05) is 5.32 Å². The first-order valence-corrected chi connectivity index (χ1v) is 12.2. The summed E-state index contributed by atoms with van der Waals surface area (Å²) in [5, 5.41) is 3.04. The van der Waals surface area contributed by atoms with E-state index in [1.807, 2.05) is 12.1 Å². The molecule has 0 radical (unpaired) electrons. The second kappa shape index (κ2) is 11.5. The number of carbonyl (C=O) groups is 2. The van der Waals surface area contributed by atoms with Gasteiger partial charge in [-0.15, -0.1) is 0 Å². The molecule has 0 unspecified atom stereocenters. The van der Waals surface area contributed by atoms with E-state index in [0.717, 1.165) is 56.0 Å². The molecule has 1 amide bonds. The lowest BCUT2D eigenvalue weighted by molar-refractivity contribution is -0.140. The van der Waals surface area contributed by atoms with Crippen LogP contribution in [0.2, 0.25) is 0 Å². The molecule has 0 spiro atoms. The minimum atomic E-state index is -0.106. The van der Waals surface area contributed by atoms with Gasteiger partial charge in [0.1, 0.15) is 5.75 Å². The van der Waals surface area contributed by atoms with Crippen LogP contribution < -0.4 is 10.1 Å². The molecule has 0 bridgehead atoms. The Bertz CT molecular complexity index is 609. The van der Waals surface area contributed by atoms with Gasteiger partial charge in [0.2, 0.25) is 5.91 Å². The molecule has 3 rings (SSSR count). The third kappa shape index (κ3) is 6.58. The minimum Gasteiger partial charge on any atom is -0.426 e. The third-order valence-electron chi connectivity index (χ3n) is 7.13. The summed E-state index contributed by atoms with van der Waals surface area (Å²) in [6, 6.07) is 7.24. The van der Waals surface area contributed by atoms with Gasteiger partial charge in [-0.3, -0.25) is 9.59 Å². The van der Waals surface area contributed by atoms with E-state index in [1.54, 1.807) is 12.1 Å². The fraction of sp³-hybridized carbons (Fsp3) is 0.692. The second-order valence-electron chi connectivity index (χ2n) is 9.45. The third-order valence-corrected chi connectivity index (χ3v) is 7.13. The van der Waals surface area contributed by atoms with Crippen molar-refractivity contribution < 1.29 is 14.3 Å². The summed E-state index contributed by atoms with van der Waals surface area (Å²) in [6.07, 6.45) is 13.5. The van der Waals surface area contributed by atoms with Crippen molar-refractivity contribution in [1.82, 2.24) is 0 Å². The van der Waals surface area contributed by atoms with Gasteiger partial charge in [-0.1, -0.05) is 39.5 Å². The number of ether oxygens (including phenoxy) is 1. The van der Waals surface area contributed by atoms with E-state index in [0.29, 0.717) is 5.75 Å². The van der Waals surface area contributed by atoms with Crippen molar-refractivity contribution >= 4 is 17.6 Å². The van der Waals surface area contributed by atoms with Crippen LogP contribution in [0.15, 0.2) is 24.3 Å². The Morgan fingerprint density at radius 1 is 0.800 bits per heavy atom. The monoisotopic (exact) mass is 413 g/mol. The molecule has 2 saturated carbocycles. The molecular formula is C26H39NO3. The highest BCUT2D eigenvalue weighted by atomic mass is 16.5. The number of benzene rings is 1. The predicted molar refractivity (Wildman–Crippen MR) is 121 cm³/mol. The first kappa shape index (κ1) is 22.8. The quantitative estimate of drug-likeness (QED) is 0.379. The largest absolute Gasteiger partial charge is 0.426 e. The van der Waals surface area contributed by atoms with Crippen molar-refractivity contribution in [1.29, 1.82) is 0 Å². The van der Waals surface area contributed by atoms with E-state index < -0.39 is 0 Å². The summed E-state index contributed by atoms with van der Waals surface area (Å²) in [6.45, 7) is 4.46. The standard InChI is InChI=1S/C26H39NO3/c1-3-5-19-7-11-21(12-8-19)25(28)27-23-15-17-24(18-16-23)30-26(29)22-13-9-20(6-4-2)10-14-22/h15-22H,3-14H2,1-2H3,(H,27,28). The van der Waals surface area contributed by atoms with Gasteiger partial charge < -0.3 is 10.1 Å². The zero-order valence-electron chi connectivity index (χ0n) is 18.8. The number of hydrogen-bond donors (Lipinski definition) is 1. The topological polar surface area (TPSA) is 55.4 Å². The fourth-order valence-electron chi connectivity index (χ4n) is 5.27. The summed E-state index contributed by atoms with van der Waals surface area (Å²) in [5.74, 6) is 2.31. The maximum absolute atomic E-state index is 12.6. The summed E-state index contributed by atoms with van der Waals surface area (Å²) >= 11 is 0. The van der Waals surface area contributed by atoms with Gasteiger partial charge in [-0.25, -0.2) is 0 Å². The van der Waals surface area contributed by atoms with Crippen molar-refractivity contribution in [2.45, 2.75) is 90.9 Å². The zero-order chi connectivity index (χ0) is 21.3. The molecule has 2 fully saturated rings. The van der Waals surface area contributed by atoms with E-state index in [9.17, 15) is 9.59 Å². The molecule has 2 aliphatic carbocycles. The first-order chi connectivity index (χ1) is 14.6. The molecule has 166 valence electrons. The molecule has 0 heterocycles. The average molecular weight is 414 g/mol. The van der Waals surface area contributed by atoms with Crippen molar-refractivity contribution in [3.05, 3.63) is 24.3 Å². The van der Waals surface area contributed by atoms with Crippen LogP contribution in [0.5, 0.6) is 5.75 Å². The van der Waals surface area contributed by atoms with Gasteiger partial charge in [0.15, 0.2) is 0 Å². The zero-order valence-corrected chi connectivity index (χ0v) is 18.8. The molecule has 1 aromatic rings. The number of esters is 1. The Kier molecular flexibility index (Phi) is 8.77. The normalized spacial score (nSPS) is 26.7. The van der Waals surface area contributed by atoms with Crippen molar-refractivity contribution in [3.8, 4) is 5.75 Å². The van der Waals surface area contributed by atoms with E-state index in [1.165, 1.54) is 38.5 Å². The van der Waals surface area contributed by atoms with Crippen LogP contribution in [0.3, 0.4) is 0 Å². The predicted octanol–water partition coefficient (Wildman–Crippen LogP) is 6.74. The Morgan fingerprint density at radius 3 is 1.80 bits per heavy atom. The average Bonchev–Trinajstić information content (AvgIpc) is 2.76. The maximum Gasteiger partial charge on any atom is 0.314 e. The van der Waals surface area contributed by atoms with Crippen LogP contribution in [0, 0.1) is 23.7 Å². The summed E-state index contributed by atoms with van der Waals surface area (Å²) in [4.78, 5) is 25.1. The van der Waals surface area contributed by atoms with Crippen LogP contribution in [0.4, 0.5) is 5.69 Å². The highest BCUT2D eigenvalue weighted by molar-refractivity contribution is 5.92. The number of amides is 1. The van der Waals surface area contributed by atoms with Gasteiger partial charge in [0.25, 0.3) is 0 Å². The Morgan fingerprint density at radius 2 is 1.30 bits per heavy atom. The van der Waals surface area contributed by atoms with Crippen LogP contribution >= 0.6 is 0 Å². The lowest BCUT2D eigenvalue weighted by Gasteiger charge is -2.27. The van der Waals surface area contributed by atoms with Gasteiger partial charge in [0.05, 0.1) is 5.92 Å². The van der Waals surface area contributed by atoms with Crippen molar-refractivity contribution in [2.24, 2.45) is 23.7 Å². The number of rotatable bonds is 8. The molecule has 4 heteroatoms. The molecule has 1 N–H and O–H groups in total. The van der Waals surface area contributed by atoms with Gasteiger partial charge in [-0.2, -0.15) is 0 Å². The molecule has 0 aliphatic heterocycles. The van der Waals surface area contributed by atoms with Crippen LogP contribution in [-0.4, -0.2) is 11.9 Å².